The van der Waals surface area contributed by atoms with E-state index in [4.69, 9.17) is 0 Å². The Kier molecular flexibility index (Phi) is 4.01. The second kappa shape index (κ2) is 3.68. The van der Waals surface area contributed by atoms with E-state index < -0.39 is 18.4 Å². The Morgan fingerprint density at radius 2 is 1.75 bits per heavy atom. The summed E-state index contributed by atoms with van der Waals surface area (Å²) in [5.74, 6) is 0. The van der Waals surface area contributed by atoms with Gasteiger partial charge in [-0.1, -0.05) is 0 Å². The molecular formula is C6H12SSn. The minimum atomic E-state index is -1.69. The summed E-state index contributed by atoms with van der Waals surface area (Å²) in [5.41, 5.74) is 0. The topological polar surface area (TPSA) is 0 Å². The van der Waals surface area contributed by atoms with Crippen molar-refractivity contribution in [3.63, 3.8) is 0 Å². The molecular weight excluding hydrogens is 223 g/mol. The molecule has 0 aliphatic heterocycles. The van der Waals surface area contributed by atoms with Crippen LogP contribution in [0.15, 0.2) is 0 Å². The van der Waals surface area contributed by atoms with Crippen LogP contribution in [0.25, 0.3) is 0 Å². The molecule has 0 nitrogen and oxygen atoms in total. The van der Waals surface area contributed by atoms with E-state index in [1.54, 1.807) is 11.8 Å². The van der Waals surface area contributed by atoms with Gasteiger partial charge < -0.3 is 0 Å². The van der Waals surface area contributed by atoms with E-state index in [1.165, 1.54) is 0 Å². The van der Waals surface area contributed by atoms with Gasteiger partial charge >= 0.3 is 60.4 Å². The van der Waals surface area contributed by atoms with Crippen LogP contribution in [0.1, 0.15) is 0 Å². The Morgan fingerprint density at radius 3 is 1.88 bits per heavy atom. The SMILES string of the molecule is CSC#[C][Sn]([CH3])([CH3])[CH3]. The maximum atomic E-state index is 3.29. The van der Waals surface area contributed by atoms with E-state index in [0.717, 1.165) is 0 Å². The van der Waals surface area contributed by atoms with E-state index in [0.29, 0.717) is 0 Å². The zero-order valence-electron chi connectivity index (χ0n) is 5.91. The third-order valence-corrected chi connectivity index (χ3v) is 3.85. The van der Waals surface area contributed by atoms with Crippen molar-refractivity contribution in [1.29, 1.82) is 0 Å². The molecule has 0 saturated heterocycles. The molecule has 0 aliphatic rings. The number of thioether (sulfide) groups is 1. The van der Waals surface area contributed by atoms with Crippen LogP contribution in [0, 0.1) is 9.19 Å². The van der Waals surface area contributed by atoms with Crippen molar-refractivity contribution in [3.05, 3.63) is 0 Å². The van der Waals surface area contributed by atoms with Crippen molar-refractivity contribution in [2.45, 2.75) is 14.8 Å². The molecule has 0 aromatic heterocycles. The van der Waals surface area contributed by atoms with E-state index in [9.17, 15) is 0 Å². The van der Waals surface area contributed by atoms with Gasteiger partial charge in [0.15, 0.2) is 0 Å². The predicted molar refractivity (Wildman–Crippen MR) is 44.6 cm³/mol. The average molecular weight is 235 g/mol. The first-order valence-corrected chi connectivity index (χ1v) is 13.8. The van der Waals surface area contributed by atoms with Gasteiger partial charge in [0.2, 0.25) is 0 Å². The van der Waals surface area contributed by atoms with Gasteiger partial charge in [0, 0.05) is 0 Å². The predicted octanol–water partition coefficient (Wildman–Crippen LogP) is 2.19. The molecule has 46 valence electrons. The molecule has 0 spiro atoms. The summed E-state index contributed by atoms with van der Waals surface area (Å²) in [6.45, 7) is 0. The third-order valence-electron chi connectivity index (χ3n) is 0.528. The van der Waals surface area contributed by atoms with Crippen molar-refractivity contribution in [1.82, 2.24) is 0 Å². The fraction of sp³-hybridized carbons (Fsp3) is 0.667. The molecule has 0 bridgehead atoms. The molecule has 0 radical (unpaired) electrons. The van der Waals surface area contributed by atoms with Crippen LogP contribution < -0.4 is 0 Å². The van der Waals surface area contributed by atoms with Gasteiger partial charge in [0.05, 0.1) is 0 Å². The number of hydrogen-bond acceptors (Lipinski definition) is 1. The van der Waals surface area contributed by atoms with Gasteiger partial charge in [-0.15, -0.1) is 0 Å². The van der Waals surface area contributed by atoms with E-state index in [2.05, 4.69) is 24.0 Å². The molecule has 0 atom stereocenters. The molecule has 0 unspecified atom stereocenters. The van der Waals surface area contributed by atoms with Crippen LogP contribution in [-0.4, -0.2) is 24.6 Å². The molecule has 0 rings (SSSR count). The molecule has 0 amide bonds. The Balaban J connectivity index is 3.69. The van der Waals surface area contributed by atoms with E-state index in [1.807, 2.05) is 6.26 Å². The van der Waals surface area contributed by atoms with Crippen LogP contribution in [0.4, 0.5) is 0 Å². The summed E-state index contributed by atoms with van der Waals surface area (Å²) in [4.78, 5) is 6.95. The summed E-state index contributed by atoms with van der Waals surface area (Å²) in [6, 6.07) is 0. The van der Waals surface area contributed by atoms with Crippen molar-refractivity contribution >= 4 is 30.1 Å². The molecule has 0 fully saturated rings. The van der Waals surface area contributed by atoms with Crippen molar-refractivity contribution in [3.8, 4) is 9.19 Å². The number of hydrogen-bond donors (Lipinski definition) is 0. The molecule has 0 saturated carbocycles. The quantitative estimate of drug-likeness (QED) is 0.458. The first-order chi connectivity index (χ1) is 3.56. The molecule has 0 aliphatic carbocycles. The average Bonchev–Trinajstić information content (AvgIpc) is 1.59. The fourth-order valence-corrected chi connectivity index (χ4v) is 4.11. The zero-order valence-corrected chi connectivity index (χ0v) is 9.58. The Hall–Kier alpha value is 0.709. The van der Waals surface area contributed by atoms with Crippen LogP contribution in [0.2, 0.25) is 14.8 Å². The van der Waals surface area contributed by atoms with Gasteiger partial charge in [-0.3, -0.25) is 0 Å². The first kappa shape index (κ1) is 8.71. The summed E-state index contributed by atoms with van der Waals surface area (Å²) in [6.07, 6.45) is 2.02. The maximum absolute atomic E-state index is 3.29. The van der Waals surface area contributed by atoms with Crippen LogP contribution in [-0.2, 0) is 0 Å². The standard InChI is InChI=1S/C3H3S.3CH3.Sn/c1-3-4-2;;;;/h2H3;3*1H3;. The minimum absolute atomic E-state index is 1.62. The Labute approximate surface area is 60.3 Å². The van der Waals surface area contributed by atoms with Crippen molar-refractivity contribution in [2.75, 3.05) is 6.26 Å². The third kappa shape index (κ3) is 6.71. The van der Waals surface area contributed by atoms with Crippen LogP contribution >= 0.6 is 11.8 Å². The van der Waals surface area contributed by atoms with Crippen LogP contribution in [0.5, 0.6) is 0 Å². The molecule has 2 heteroatoms. The summed E-state index contributed by atoms with van der Waals surface area (Å²) >= 11 is -0.0699. The summed E-state index contributed by atoms with van der Waals surface area (Å²) in [5, 5.41) is 3.05. The molecule has 8 heavy (non-hydrogen) atoms. The van der Waals surface area contributed by atoms with Gasteiger partial charge in [-0.25, -0.2) is 0 Å². The van der Waals surface area contributed by atoms with Crippen molar-refractivity contribution < 1.29 is 0 Å². The van der Waals surface area contributed by atoms with Crippen LogP contribution in [0.3, 0.4) is 0 Å². The van der Waals surface area contributed by atoms with Crippen molar-refractivity contribution in [2.24, 2.45) is 0 Å². The number of rotatable bonds is 0. The Bertz CT molecular complexity index is 113. The van der Waals surface area contributed by atoms with E-state index in [-0.39, 0.29) is 0 Å². The van der Waals surface area contributed by atoms with E-state index >= 15 is 0 Å². The zero-order chi connectivity index (χ0) is 6.62. The fourth-order valence-electron chi connectivity index (χ4n) is 0.204. The first-order valence-electron chi connectivity index (χ1n) is 2.61. The summed E-state index contributed by atoms with van der Waals surface area (Å²) < 4.78 is 3.29. The monoisotopic (exact) mass is 236 g/mol. The second-order valence-electron chi connectivity index (χ2n) is 2.68. The van der Waals surface area contributed by atoms with Gasteiger partial charge in [0.25, 0.3) is 0 Å². The molecule has 0 aromatic rings. The Morgan fingerprint density at radius 1 is 1.25 bits per heavy atom. The van der Waals surface area contributed by atoms with Gasteiger partial charge in [-0.05, 0) is 0 Å². The second-order valence-corrected chi connectivity index (χ2v) is 16.9. The normalized spacial score (nSPS) is 10.0. The molecule has 0 aromatic carbocycles. The molecule has 0 N–H and O–H groups in total. The summed E-state index contributed by atoms with van der Waals surface area (Å²) in [7, 11) is 0. The van der Waals surface area contributed by atoms with Gasteiger partial charge in [0.1, 0.15) is 0 Å². The van der Waals surface area contributed by atoms with Gasteiger partial charge in [-0.2, -0.15) is 0 Å². The molecule has 0 heterocycles.